The van der Waals surface area contributed by atoms with Gasteiger partial charge in [0.15, 0.2) is 23.0 Å². The molecule has 132 valence electrons. The van der Waals surface area contributed by atoms with Crippen LogP contribution >= 0.6 is 0 Å². The summed E-state index contributed by atoms with van der Waals surface area (Å²) in [5, 5.41) is 36.9. The molecular formula is C16H8O10. The van der Waals surface area contributed by atoms with Crippen LogP contribution in [0.4, 0.5) is 0 Å². The minimum absolute atomic E-state index is 0.153. The van der Waals surface area contributed by atoms with Crippen molar-refractivity contribution < 1.29 is 49.1 Å². The first-order valence-corrected chi connectivity index (χ1v) is 6.85. The third kappa shape index (κ3) is 2.45. The number of aromatic carboxylic acids is 4. The van der Waals surface area contributed by atoms with E-state index >= 15 is 0 Å². The number of hydrogen-bond acceptors (Lipinski definition) is 6. The average Bonchev–Trinajstić information content (AvgIpc) is 2.56. The van der Waals surface area contributed by atoms with Gasteiger partial charge in [-0.2, -0.15) is 0 Å². The molecule has 0 atom stereocenters. The summed E-state index contributed by atoms with van der Waals surface area (Å²) in [5.74, 6) is -7.74. The van der Waals surface area contributed by atoms with Crippen molar-refractivity contribution in [1.82, 2.24) is 0 Å². The lowest BCUT2D eigenvalue weighted by Gasteiger charge is -2.24. The van der Waals surface area contributed by atoms with E-state index in [-0.39, 0.29) is 11.5 Å². The highest BCUT2D eigenvalue weighted by Gasteiger charge is 2.34. The molecule has 0 radical (unpaired) electrons. The van der Waals surface area contributed by atoms with Crippen LogP contribution in [-0.4, -0.2) is 44.3 Å². The summed E-state index contributed by atoms with van der Waals surface area (Å²) in [5.41, 5.74) is -2.71. The molecule has 0 unspecified atom stereocenters. The lowest BCUT2D eigenvalue weighted by molar-refractivity contribution is 0.0643. The van der Waals surface area contributed by atoms with Gasteiger partial charge in [0.05, 0.1) is 11.1 Å². The van der Waals surface area contributed by atoms with E-state index in [9.17, 15) is 29.4 Å². The second-order valence-corrected chi connectivity index (χ2v) is 5.06. The first-order chi connectivity index (χ1) is 12.2. The molecule has 0 bridgehead atoms. The van der Waals surface area contributed by atoms with Crippen molar-refractivity contribution in [2.75, 3.05) is 0 Å². The highest BCUT2D eigenvalue weighted by molar-refractivity contribution is 6.06. The van der Waals surface area contributed by atoms with Crippen LogP contribution < -0.4 is 9.47 Å². The Balaban J connectivity index is 2.29. The third-order valence-corrected chi connectivity index (χ3v) is 3.56. The summed E-state index contributed by atoms with van der Waals surface area (Å²) in [4.78, 5) is 45.5. The Hall–Kier alpha value is -4.08. The molecule has 0 aliphatic carbocycles. The molecule has 10 nitrogen and oxygen atoms in total. The van der Waals surface area contributed by atoms with Crippen molar-refractivity contribution in [3.8, 4) is 23.0 Å². The molecule has 26 heavy (non-hydrogen) atoms. The largest absolute Gasteiger partial charge is 0.478 e. The van der Waals surface area contributed by atoms with Crippen LogP contribution in [0.15, 0.2) is 24.3 Å². The zero-order chi connectivity index (χ0) is 19.2. The van der Waals surface area contributed by atoms with Crippen molar-refractivity contribution in [3.63, 3.8) is 0 Å². The van der Waals surface area contributed by atoms with Gasteiger partial charge in [-0.1, -0.05) is 0 Å². The fourth-order valence-corrected chi connectivity index (χ4v) is 2.49. The second kappa shape index (κ2) is 5.77. The predicted molar refractivity (Wildman–Crippen MR) is 80.9 cm³/mol. The van der Waals surface area contributed by atoms with Crippen LogP contribution in [0.3, 0.4) is 0 Å². The SMILES string of the molecule is O=C(O)c1ccc2c(c1C(=O)O)Oc1c(ccc(C(=O)O)c1C(=O)O)O2. The highest BCUT2D eigenvalue weighted by Crippen LogP contribution is 2.49. The quantitative estimate of drug-likeness (QED) is 0.542. The Bertz CT molecular complexity index is 925. The van der Waals surface area contributed by atoms with Crippen molar-refractivity contribution in [1.29, 1.82) is 0 Å². The van der Waals surface area contributed by atoms with Crippen LogP contribution in [0.1, 0.15) is 41.4 Å². The molecule has 2 aromatic rings. The van der Waals surface area contributed by atoms with E-state index in [1.54, 1.807) is 0 Å². The summed E-state index contributed by atoms with van der Waals surface area (Å²) < 4.78 is 10.7. The Kier molecular flexibility index (Phi) is 3.72. The smallest absolute Gasteiger partial charge is 0.340 e. The zero-order valence-corrected chi connectivity index (χ0v) is 12.5. The number of fused-ring (bicyclic) bond motifs is 2. The average molecular weight is 360 g/mol. The van der Waals surface area contributed by atoms with E-state index in [0.29, 0.717) is 0 Å². The van der Waals surface area contributed by atoms with Crippen LogP contribution in [-0.2, 0) is 0 Å². The van der Waals surface area contributed by atoms with Crippen LogP contribution in [0.5, 0.6) is 23.0 Å². The summed E-state index contributed by atoms with van der Waals surface area (Å²) in [6, 6.07) is 4.31. The van der Waals surface area contributed by atoms with Crippen LogP contribution in [0.25, 0.3) is 0 Å². The van der Waals surface area contributed by atoms with Crippen LogP contribution in [0.2, 0.25) is 0 Å². The van der Waals surface area contributed by atoms with Gasteiger partial charge in [-0.3, -0.25) is 0 Å². The Morgan fingerprint density at radius 2 is 0.962 bits per heavy atom. The number of carboxylic acids is 4. The van der Waals surface area contributed by atoms with Crippen molar-refractivity contribution >= 4 is 23.9 Å². The van der Waals surface area contributed by atoms with E-state index in [4.69, 9.17) is 19.7 Å². The van der Waals surface area contributed by atoms with Gasteiger partial charge in [-0.15, -0.1) is 0 Å². The maximum absolute atomic E-state index is 11.5. The molecule has 3 rings (SSSR count). The van der Waals surface area contributed by atoms with Crippen molar-refractivity contribution in [2.24, 2.45) is 0 Å². The zero-order valence-electron chi connectivity index (χ0n) is 12.5. The summed E-state index contributed by atoms with van der Waals surface area (Å²) in [6.07, 6.45) is 0. The molecule has 1 aliphatic rings. The summed E-state index contributed by atoms with van der Waals surface area (Å²) >= 11 is 0. The minimum Gasteiger partial charge on any atom is -0.478 e. The maximum atomic E-state index is 11.5. The monoisotopic (exact) mass is 360 g/mol. The molecule has 10 heteroatoms. The number of rotatable bonds is 4. The number of ether oxygens (including phenoxy) is 2. The number of hydrogen-bond donors (Lipinski definition) is 4. The van der Waals surface area contributed by atoms with Crippen LogP contribution in [0, 0.1) is 0 Å². The number of carbonyl (C=O) groups is 4. The topological polar surface area (TPSA) is 168 Å². The maximum Gasteiger partial charge on any atom is 0.340 e. The summed E-state index contributed by atoms with van der Waals surface area (Å²) in [6.45, 7) is 0. The van der Waals surface area contributed by atoms with E-state index in [1.165, 1.54) is 0 Å². The highest BCUT2D eigenvalue weighted by atomic mass is 16.6. The summed E-state index contributed by atoms with van der Waals surface area (Å²) in [7, 11) is 0. The molecule has 0 fully saturated rings. The molecule has 2 aromatic carbocycles. The molecule has 0 saturated carbocycles. The first kappa shape index (κ1) is 16.8. The van der Waals surface area contributed by atoms with Crippen molar-refractivity contribution in [2.45, 2.75) is 0 Å². The molecule has 4 N–H and O–H groups in total. The number of benzene rings is 2. The molecule has 0 aromatic heterocycles. The second-order valence-electron chi connectivity index (χ2n) is 5.06. The van der Waals surface area contributed by atoms with E-state index < -0.39 is 57.6 Å². The van der Waals surface area contributed by atoms with Gasteiger partial charge in [-0.25, -0.2) is 19.2 Å². The Morgan fingerprint density at radius 1 is 0.577 bits per heavy atom. The lowest BCUT2D eigenvalue weighted by Crippen LogP contribution is -2.15. The third-order valence-electron chi connectivity index (χ3n) is 3.56. The molecule has 0 spiro atoms. The van der Waals surface area contributed by atoms with Crippen molar-refractivity contribution in [3.05, 3.63) is 46.5 Å². The molecule has 1 aliphatic heterocycles. The van der Waals surface area contributed by atoms with Gasteiger partial charge in [0, 0.05) is 0 Å². The van der Waals surface area contributed by atoms with E-state index in [2.05, 4.69) is 0 Å². The Morgan fingerprint density at radius 3 is 1.27 bits per heavy atom. The fraction of sp³-hybridized carbons (Fsp3) is 0. The fourth-order valence-electron chi connectivity index (χ4n) is 2.49. The van der Waals surface area contributed by atoms with E-state index in [0.717, 1.165) is 24.3 Å². The van der Waals surface area contributed by atoms with Gasteiger partial charge in [0.25, 0.3) is 0 Å². The molecular weight excluding hydrogens is 352 g/mol. The Labute approximate surface area is 143 Å². The first-order valence-electron chi connectivity index (χ1n) is 6.85. The minimum atomic E-state index is -1.64. The normalized spacial score (nSPS) is 11.4. The lowest BCUT2D eigenvalue weighted by atomic mass is 10.0. The molecule has 0 amide bonds. The van der Waals surface area contributed by atoms with Gasteiger partial charge in [-0.05, 0) is 24.3 Å². The number of carboxylic acid groups (broad SMARTS) is 4. The predicted octanol–water partition coefficient (Wildman–Crippen LogP) is 2.38. The van der Waals surface area contributed by atoms with Gasteiger partial charge in [0.2, 0.25) is 0 Å². The molecule has 1 heterocycles. The van der Waals surface area contributed by atoms with Gasteiger partial charge in [0.1, 0.15) is 11.1 Å². The van der Waals surface area contributed by atoms with Gasteiger partial charge < -0.3 is 29.9 Å². The molecule has 0 saturated heterocycles. The standard InChI is InChI=1S/C16H8O10/c17-13(18)5-1-3-7-11(9(5)15(21)22)26-12-8(25-7)4-2-6(14(19)20)10(12)16(23)24/h1-4H,(H,17,18)(H,19,20)(H,21,22)(H,23,24). The van der Waals surface area contributed by atoms with Gasteiger partial charge >= 0.3 is 23.9 Å². The van der Waals surface area contributed by atoms with E-state index in [1.807, 2.05) is 0 Å².